The van der Waals surface area contributed by atoms with E-state index in [-0.39, 0.29) is 5.91 Å². The highest BCUT2D eigenvalue weighted by atomic mass is 35.5. The number of hydrogen-bond acceptors (Lipinski definition) is 4. The van der Waals surface area contributed by atoms with E-state index in [1.54, 1.807) is 12.1 Å². The number of carbonyl (C=O) groups excluding carboxylic acids is 1. The third kappa shape index (κ3) is 5.28. The molecule has 1 saturated heterocycles. The molecule has 1 heterocycles. The largest absolute Gasteiger partial charge is 0.490 e. The number of benzene rings is 1. The second-order valence-corrected chi connectivity index (χ2v) is 6.40. The van der Waals surface area contributed by atoms with Crippen molar-refractivity contribution in [2.24, 2.45) is 5.92 Å². The Balaban J connectivity index is 2.06. The molecule has 1 atom stereocenters. The van der Waals surface area contributed by atoms with Crippen molar-refractivity contribution in [1.29, 1.82) is 0 Å². The minimum atomic E-state index is -0.134. The van der Waals surface area contributed by atoms with Crippen LogP contribution in [0.3, 0.4) is 0 Å². The molecule has 5 nitrogen and oxygen atoms in total. The SMILES string of the molecule is CCCOc1c(Cl)cc(C(=O)NCC2CCCNC2)cc1OCC. The zero-order chi connectivity index (χ0) is 17.4. The highest BCUT2D eigenvalue weighted by molar-refractivity contribution is 6.32. The molecule has 0 saturated carbocycles. The molecule has 134 valence electrons. The monoisotopic (exact) mass is 354 g/mol. The Hall–Kier alpha value is -1.46. The molecule has 1 unspecified atom stereocenters. The molecule has 0 spiro atoms. The second kappa shape index (κ2) is 9.74. The Kier molecular flexibility index (Phi) is 7.66. The highest BCUT2D eigenvalue weighted by Gasteiger charge is 2.18. The van der Waals surface area contributed by atoms with Crippen LogP contribution in [0.25, 0.3) is 0 Å². The van der Waals surface area contributed by atoms with Gasteiger partial charge >= 0.3 is 0 Å². The number of ether oxygens (including phenoxy) is 2. The molecule has 1 aromatic carbocycles. The van der Waals surface area contributed by atoms with Gasteiger partial charge in [0.2, 0.25) is 0 Å². The van der Waals surface area contributed by atoms with Gasteiger partial charge < -0.3 is 20.1 Å². The summed E-state index contributed by atoms with van der Waals surface area (Å²) in [4.78, 5) is 12.4. The molecule has 1 aliphatic rings. The molecule has 0 aliphatic carbocycles. The number of hydrogen-bond donors (Lipinski definition) is 2. The highest BCUT2D eigenvalue weighted by Crippen LogP contribution is 2.36. The van der Waals surface area contributed by atoms with Crippen LogP contribution in [0.15, 0.2) is 12.1 Å². The molecule has 1 amide bonds. The molecule has 2 rings (SSSR count). The van der Waals surface area contributed by atoms with Crippen molar-refractivity contribution in [1.82, 2.24) is 10.6 Å². The van der Waals surface area contributed by atoms with Gasteiger partial charge in [0, 0.05) is 12.1 Å². The molecular formula is C18H27ClN2O3. The van der Waals surface area contributed by atoms with Crippen LogP contribution < -0.4 is 20.1 Å². The fraction of sp³-hybridized carbons (Fsp3) is 0.611. The zero-order valence-electron chi connectivity index (χ0n) is 14.5. The number of piperidine rings is 1. The van der Waals surface area contributed by atoms with E-state index >= 15 is 0 Å². The first kappa shape index (κ1) is 18.9. The molecule has 0 radical (unpaired) electrons. The van der Waals surface area contributed by atoms with E-state index in [1.165, 1.54) is 0 Å². The van der Waals surface area contributed by atoms with E-state index < -0.39 is 0 Å². The van der Waals surface area contributed by atoms with Gasteiger partial charge in [-0.15, -0.1) is 0 Å². The topological polar surface area (TPSA) is 59.6 Å². The first-order chi connectivity index (χ1) is 11.7. The maximum absolute atomic E-state index is 12.4. The first-order valence-electron chi connectivity index (χ1n) is 8.73. The molecule has 1 aliphatic heterocycles. The van der Waals surface area contributed by atoms with Gasteiger partial charge in [0.15, 0.2) is 11.5 Å². The lowest BCUT2D eigenvalue weighted by molar-refractivity contribution is 0.0944. The van der Waals surface area contributed by atoms with Crippen LogP contribution in [0, 0.1) is 5.92 Å². The summed E-state index contributed by atoms with van der Waals surface area (Å²) in [6, 6.07) is 3.35. The van der Waals surface area contributed by atoms with Crippen LogP contribution in [0.2, 0.25) is 5.02 Å². The van der Waals surface area contributed by atoms with E-state index in [9.17, 15) is 4.79 Å². The predicted octanol–water partition coefficient (Wildman–Crippen LogP) is 3.26. The average molecular weight is 355 g/mol. The van der Waals surface area contributed by atoms with Gasteiger partial charge in [-0.2, -0.15) is 0 Å². The average Bonchev–Trinajstić information content (AvgIpc) is 2.60. The Labute approximate surface area is 149 Å². The number of amides is 1. The smallest absolute Gasteiger partial charge is 0.251 e. The Bertz CT molecular complexity index is 545. The minimum absolute atomic E-state index is 0.134. The molecule has 2 N–H and O–H groups in total. The van der Waals surface area contributed by atoms with Gasteiger partial charge in [-0.05, 0) is 57.3 Å². The van der Waals surface area contributed by atoms with E-state index in [4.69, 9.17) is 21.1 Å². The van der Waals surface area contributed by atoms with Gasteiger partial charge in [-0.25, -0.2) is 0 Å². The Morgan fingerprint density at radius 3 is 2.88 bits per heavy atom. The molecule has 24 heavy (non-hydrogen) atoms. The molecule has 1 fully saturated rings. The molecule has 0 bridgehead atoms. The molecule has 0 aromatic heterocycles. The van der Waals surface area contributed by atoms with Gasteiger partial charge in [0.05, 0.1) is 18.2 Å². The van der Waals surface area contributed by atoms with Crippen LogP contribution >= 0.6 is 11.6 Å². The van der Waals surface area contributed by atoms with E-state index in [0.717, 1.165) is 32.4 Å². The van der Waals surface area contributed by atoms with Crippen molar-refractivity contribution < 1.29 is 14.3 Å². The molecular weight excluding hydrogens is 328 g/mol. The minimum Gasteiger partial charge on any atom is -0.490 e. The first-order valence-corrected chi connectivity index (χ1v) is 9.11. The van der Waals surface area contributed by atoms with Crippen molar-refractivity contribution in [2.75, 3.05) is 32.8 Å². The van der Waals surface area contributed by atoms with Crippen molar-refractivity contribution >= 4 is 17.5 Å². The van der Waals surface area contributed by atoms with E-state index in [0.29, 0.717) is 47.8 Å². The van der Waals surface area contributed by atoms with Crippen molar-refractivity contribution in [2.45, 2.75) is 33.1 Å². The van der Waals surface area contributed by atoms with Crippen LogP contribution in [0.1, 0.15) is 43.5 Å². The van der Waals surface area contributed by atoms with Crippen LogP contribution in [-0.4, -0.2) is 38.8 Å². The quantitative estimate of drug-likeness (QED) is 0.752. The zero-order valence-corrected chi connectivity index (χ0v) is 15.2. The van der Waals surface area contributed by atoms with Gasteiger partial charge in [-0.3, -0.25) is 4.79 Å². The third-order valence-electron chi connectivity index (χ3n) is 3.97. The van der Waals surface area contributed by atoms with E-state index in [1.807, 2.05) is 13.8 Å². The summed E-state index contributed by atoms with van der Waals surface area (Å²) in [7, 11) is 0. The second-order valence-electron chi connectivity index (χ2n) is 5.99. The number of nitrogens with one attached hydrogen (secondary N) is 2. The lowest BCUT2D eigenvalue weighted by atomic mass is 9.99. The molecule has 1 aromatic rings. The summed E-state index contributed by atoms with van der Waals surface area (Å²) >= 11 is 6.30. The maximum Gasteiger partial charge on any atom is 0.251 e. The summed E-state index contributed by atoms with van der Waals surface area (Å²) in [5.74, 6) is 1.37. The summed E-state index contributed by atoms with van der Waals surface area (Å²) < 4.78 is 11.3. The Morgan fingerprint density at radius 1 is 1.38 bits per heavy atom. The fourth-order valence-electron chi connectivity index (χ4n) is 2.74. The fourth-order valence-corrected chi connectivity index (χ4v) is 3.01. The summed E-state index contributed by atoms with van der Waals surface area (Å²) in [5, 5.41) is 6.75. The number of halogens is 1. The number of carbonyl (C=O) groups is 1. The van der Waals surface area contributed by atoms with Gasteiger partial charge in [0.1, 0.15) is 0 Å². The van der Waals surface area contributed by atoms with Crippen LogP contribution in [0.4, 0.5) is 0 Å². The molecule has 6 heteroatoms. The Morgan fingerprint density at radius 2 is 2.21 bits per heavy atom. The summed E-state index contributed by atoms with van der Waals surface area (Å²) in [6.07, 6.45) is 3.17. The lowest BCUT2D eigenvalue weighted by Crippen LogP contribution is -2.38. The predicted molar refractivity (Wildman–Crippen MR) is 96.3 cm³/mol. The normalized spacial score (nSPS) is 17.4. The lowest BCUT2D eigenvalue weighted by Gasteiger charge is -2.23. The van der Waals surface area contributed by atoms with Crippen LogP contribution in [0.5, 0.6) is 11.5 Å². The standard InChI is InChI=1S/C18H27ClN2O3/c1-3-8-24-17-15(19)9-14(10-16(17)23-4-2)18(22)21-12-13-6-5-7-20-11-13/h9-10,13,20H,3-8,11-12H2,1-2H3,(H,21,22). The van der Waals surface area contributed by atoms with Crippen molar-refractivity contribution in [3.63, 3.8) is 0 Å². The van der Waals surface area contributed by atoms with Crippen molar-refractivity contribution in [3.05, 3.63) is 22.7 Å². The van der Waals surface area contributed by atoms with Crippen molar-refractivity contribution in [3.8, 4) is 11.5 Å². The van der Waals surface area contributed by atoms with Gasteiger partial charge in [0.25, 0.3) is 5.91 Å². The summed E-state index contributed by atoms with van der Waals surface area (Å²) in [5.41, 5.74) is 0.496. The number of rotatable bonds is 8. The third-order valence-corrected chi connectivity index (χ3v) is 4.25. The van der Waals surface area contributed by atoms with Gasteiger partial charge in [-0.1, -0.05) is 18.5 Å². The van der Waals surface area contributed by atoms with E-state index in [2.05, 4.69) is 10.6 Å². The maximum atomic E-state index is 12.4. The summed E-state index contributed by atoms with van der Waals surface area (Å²) in [6.45, 7) is 7.64. The van der Waals surface area contributed by atoms with Crippen LogP contribution in [-0.2, 0) is 0 Å².